The van der Waals surface area contributed by atoms with E-state index in [1.165, 1.54) is 19.2 Å². The van der Waals surface area contributed by atoms with Crippen molar-refractivity contribution < 1.29 is 4.74 Å². The molecule has 2 heterocycles. The Hall–Kier alpha value is -1.07. The van der Waals surface area contributed by atoms with Gasteiger partial charge < -0.3 is 15.0 Å². The summed E-state index contributed by atoms with van der Waals surface area (Å²) < 4.78 is 5.43. The summed E-state index contributed by atoms with van der Waals surface area (Å²) in [6.45, 7) is 2.70. The molecule has 2 N–H and O–H groups in total. The quantitative estimate of drug-likeness (QED) is 0.850. The molecule has 17 heavy (non-hydrogen) atoms. The minimum Gasteiger partial charge on any atom is -0.476 e. The Morgan fingerprint density at radius 2 is 2.47 bits per heavy atom. The first kappa shape index (κ1) is 12.4. The lowest BCUT2D eigenvalue weighted by Gasteiger charge is -2.22. The predicted molar refractivity (Wildman–Crippen MR) is 65.6 cm³/mol. The van der Waals surface area contributed by atoms with E-state index in [2.05, 4.69) is 15.3 Å². The Balaban J connectivity index is 1.81. The zero-order chi connectivity index (χ0) is 12.1. The van der Waals surface area contributed by atoms with Gasteiger partial charge in [0, 0.05) is 0 Å². The van der Waals surface area contributed by atoms with Crippen molar-refractivity contribution in [3.63, 3.8) is 0 Å². The summed E-state index contributed by atoms with van der Waals surface area (Å²) in [6.07, 6.45) is 4.70. The van der Waals surface area contributed by atoms with Crippen molar-refractivity contribution >= 4 is 11.6 Å². The summed E-state index contributed by atoms with van der Waals surface area (Å²) in [5.41, 5.74) is -0.365. The molecule has 94 valence electrons. The lowest BCUT2D eigenvalue weighted by atomic mass is 9.97. The maximum Gasteiger partial charge on any atom is 0.273 e. The average Bonchev–Trinajstić information content (AvgIpc) is 2.36. The fourth-order valence-corrected chi connectivity index (χ4v) is 2.12. The highest BCUT2D eigenvalue weighted by Crippen LogP contribution is 2.18. The molecule has 1 aliphatic rings. The monoisotopic (exact) mass is 257 g/mol. The third-order valence-corrected chi connectivity index (χ3v) is 3.26. The van der Waals surface area contributed by atoms with Crippen molar-refractivity contribution in [2.75, 3.05) is 19.7 Å². The van der Waals surface area contributed by atoms with Crippen LogP contribution in [-0.4, -0.2) is 29.7 Å². The van der Waals surface area contributed by atoms with Crippen LogP contribution < -0.4 is 15.6 Å². The van der Waals surface area contributed by atoms with Gasteiger partial charge in [0.05, 0.1) is 12.9 Å². The van der Waals surface area contributed by atoms with Crippen LogP contribution in [0, 0.1) is 5.92 Å². The summed E-state index contributed by atoms with van der Waals surface area (Å²) in [5.74, 6) is 0.865. The van der Waals surface area contributed by atoms with Gasteiger partial charge in [-0.05, 0) is 38.3 Å². The second-order valence-corrected chi connectivity index (χ2v) is 4.58. The van der Waals surface area contributed by atoms with Crippen LogP contribution in [0.15, 0.2) is 11.1 Å². The van der Waals surface area contributed by atoms with Crippen LogP contribution in [0.4, 0.5) is 0 Å². The second-order valence-electron chi connectivity index (χ2n) is 4.20. The molecule has 0 amide bonds. The zero-order valence-corrected chi connectivity index (χ0v) is 10.3. The molecule has 1 aromatic rings. The third kappa shape index (κ3) is 3.44. The van der Waals surface area contributed by atoms with Crippen LogP contribution in [0.1, 0.15) is 19.3 Å². The number of rotatable bonds is 4. The molecular weight excluding hydrogens is 242 g/mol. The van der Waals surface area contributed by atoms with E-state index >= 15 is 0 Å². The van der Waals surface area contributed by atoms with Gasteiger partial charge in [0.15, 0.2) is 5.02 Å². The van der Waals surface area contributed by atoms with Gasteiger partial charge in [0.25, 0.3) is 5.56 Å². The van der Waals surface area contributed by atoms with Crippen LogP contribution in [0.3, 0.4) is 0 Å². The summed E-state index contributed by atoms with van der Waals surface area (Å²) in [5, 5.41) is 3.37. The lowest BCUT2D eigenvalue weighted by molar-refractivity contribution is 0.247. The van der Waals surface area contributed by atoms with Gasteiger partial charge in [-0.15, -0.1) is 0 Å². The molecule has 2 rings (SSSR count). The first-order chi connectivity index (χ1) is 8.27. The van der Waals surface area contributed by atoms with E-state index in [4.69, 9.17) is 16.3 Å². The van der Waals surface area contributed by atoms with Crippen LogP contribution >= 0.6 is 11.6 Å². The van der Waals surface area contributed by atoms with Crippen LogP contribution in [0.5, 0.6) is 5.88 Å². The van der Waals surface area contributed by atoms with Gasteiger partial charge in [-0.2, -0.15) is 0 Å². The molecule has 0 radical (unpaired) electrons. The highest BCUT2D eigenvalue weighted by atomic mass is 35.5. The molecule has 1 unspecified atom stereocenters. The molecule has 1 aliphatic heterocycles. The number of halogens is 1. The minimum atomic E-state index is -0.365. The lowest BCUT2D eigenvalue weighted by Crippen LogP contribution is -2.30. The number of H-pyrrole nitrogens is 1. The zero-order valence-electron chi connectivity index (χ0n) is 9.54. The number of ether oxygens (including phenoxy) is 1. The predicted octanol–water partition coefficient (Wildman–Crippen LogP) is 1.19. The molecule has 1 aromatic heterocycles. The molecule has 0 aliphatic carbocycles. The number of nitrogens with zero attached hydrogens (tertiary/aromatic N) is 1. The number of hydrogen-bond acceptors (Lipinski definition) is 4. The van der Waals surface area contributed by atoms with Gasteiger partial charge >= 0.3 is 0 Å². The van der Waals surface area contributed by atoms with E-state index < -0.39 is 0 Å². The first-order valence-electron chi connectivity index (χ1n) is 5.84. The van der Waals surface area contributed by atoms with E-state index in [0.29, 0.717) is 12.5 Å². The van der Waals surface area contributed by atoms with Crippen molar-refractivity contribution in [1.29, 1.82) is 0 Å². The van der Waals surface area contributed by atoms with Crippen LogP contribution in [0.2, 0.25) is 5.02 Å². The SMILES string of the molecule is O=c1[nH]cnc(OCCC2CCCNC2)c1Cl. The van der Waals surface area contributed by atoms with Crippen molar-refractivity contribution in [3.05, 3.63) is 21.7 Å². The highest BCUT2D eigenvalue weighted by molar-refractivity contribution is 6.31. The summed E-state index contributed by atoms with van der Waals surface area (Å²) >= 11 is 5.77. The molecule has 0 bridgehead atoms. The van der Waals surface area contributed by atoms with Gasteiger partial charge in [-0.3, -0.25) is 4.79 Å². The Morgan fingerprint density at radius 3 is 3.24 bits per heavy atom. The Labute approximate surface area is 105 Å². The molecule has 0 saturated carbocycles. The van der Waals surface area contributed by atoms with Crippen molar-refractivity contribution in [3.8, 4) is 5.88 Å². The average molecular weight is 258 g/mol. The molecular formula is C11H16ClN3O2. The van der Waals surface area contributed by atoms with Crippen molar-refractivity contribution in [2.45, 2.75) is 19.3 Å². The Kier molecular flexibility index (Phi) is 4.39. The normalized spacial score (nSPS) is 20.2. The van der Waals surface area contributed by atoms with Gasteiger partial charge in [0.1, 0.15) is 0 Å². The Morgan fingerprint density at radius 1 is 1.59 bits per heavy atom. The first-order valence-corrected chi connectivity index (χ1v) is 6.22. The third-order valence-electron chi connectivity index (χ3n) is 2.93. The maximum absolute atomic E-state index is 11.2. The van der Waals surface area contributed by atoms with E-state index in [1.54, 1.807) is 0 Å². The number of piperidine rings is 1. The molecule has 0 aromatic carbocycles. The second kappa shape index (κ2) is 6.02. The number of aromatic nitrogens is 2. The van der Waals surface area contributed by atoms with Gasteiger partial charge in [-0.1, -0.05) is 11.6 Å². The van der Waals surface area contributed by atoms with Gasteiger partial charge in [-0.25, -0.2) is 4.98 Å². The Bertz CT molecular complexity index is 415. The molecule has 1 fully saturated rings. The van der Waals surface area contributed by atoms with E-state index in [1.807, 2.05) is 0 Å². The van der Waals surface area contributed by atoms with E-state index in [-0.39, 0.29) is 16.5 Å². The fourth-order valence-electron chi connectivity index (χ4n) is 1.96. The standard InChI is InChI=1S/C11H16ClN3O2/c12-9-10(16)14-7-15-11(9)17-5-3-8-2-1-4-13-6-8/h7-8,13H,1-6H2,(H,14,15,16). The summed E-state index contributed by atoms with van der Waals surface area (Å²) in [4.78, 5) is 17.5. The van der Waals surface area contributed by atoms with Crippen LogP contribution in [0.25, 0.3) is 0 Å². The largest absolute Gasteiger partial charge is 0.476 e. The molecule has 5 nitrogen and oxygen atoms in total. The maximum atomic E-state index is 11.2. The number of hydrogen-bond donors (Lipinski definition) is 2. The van der Waals surface area contributed by atoms with Gasteiger partial charge in [0.2, 0.25) is 5.88 Å². The molecule has 1 atom stereocenters. The summed E-state index contributed by atoms with van der Waals surface area (Å²) in [7, 11) is 0. The number of nitrogens with one attached hydrogen (secondary N) is 2. The molecule has 0 spiro atoms. The van der Waals surface area contributed by atoms with Crippen molar-refractivity contribution in [2.24, 2.45) is 5.92 Å². The summed E-state index contributed by atoms with van der Waals surface area (Å²) in [6, 6.07) is 0. The highest BCUT2D eigenvalue weighted by Gasteiger charge is 2.13. The van der Waals surface area contributed by atoms with E-state index in [0.717, 1.165) is 19.5 Å². The number of aromatic amines is 1. The molecule has 1 saturated heterocycles. The minimum absolute atomic E-state index is 0.0225. The van der Waals surface area contributed by atoms with Crippen molar-refractivity contribution in [1.82, 2.24) is 15.3 Å². The smallest absolute Gasteiger partial charge is 0.273 e. The molecule has 6 heteroatoms. The van der Waals surface area contributed by atoms with Crippen LogP contribution in [-0.2, 0) is 0 Å². The topological polar surface area (TPSA) is 67.0 Å². The van der Waals surface area contributed by atoms with E-state index in [9.17, 15) is 4.79 Å². The fraction of sp³-hybridized carbons (Fsp3) is 0.636.